The Morgan fingerprint density at radius 2 is 2.41 bits per heavy atom. The van der Waals surface area contributed by atoms with Gasteiger partial charge in [0.2, 0.25) is 0 Å². The maximum atomic E-state index is 5.71. The molecule has 0 aliphatic carbocycles. The molecule has 1 aliphatic rings. The SMILES string of the molecule is COCC(CCCN)NCC1CN(C)CCO1. The Morgan fingerprint density at radius 3 is 3.06 bits per heavy atom. The number of likely N-dealkylation sites (N-methyl/N-ethyl adjacent to an activating group) is 1. The third-order valence-corrected chi connectivity index (χ3v) is 3.10. The topological polar surface area (TPSA) is 59.8 Å². The van der Waals surface area contributed by atoms with Gasteiger partial charge in [0, 0.05) is 32.8 Å². The van der Waals surface area contributed by atoms with E-state index in [9.17, 15) is 0 Å². The molecule has 1 rings (SSSR count). The Labute approximate surface area is 105 Å². The molecule has 0 amide bonds. The van der Waals surface area contributed by atoms with E-state index in [1.165, 1.54) is 0 Å². The second-order valence-corrected chi connectivity index (χ2v) is 4.75. The largest absolute Gasteiger partial charge is 0.383 e. The van der Waals surface area contributed by atoms with E-state index < -0.39 is 0 Å². The maximum absolute atomic E-state index is 5.71. The Morgan fingerprint density at radius 1 is 1.59 bits per heavy atom. The van der Waals surface area contributed by atoms with E-state index in [0.717, 1.165) is 52.2 Å². The number of nitrogens with one attached hydrogen (secondary N) is 1. The zero-order valence-electron chi connectivity index (χ0n) is 11.2. The van der Waals surface area contributed by atoms with Crippen LogP contribution in [0.5, 0.6) is 0 Å². The first-order chi connectivity index (χ1) is 8.26. The molecule has 5 nitrogen and oxygen atoms in total. The fourth-order valence-electron chi connectivity index (χ4n) is 2.10. The van der Waals surface area contributed by atoms with Gasteiger partial charge in [-0.05, 0) is 26.4 Å². The lowest BCUT2D eigenvalue weighted by atomic mass is 10.1. The number of hydrogen-bond acceptors (Lipinski definition) is 5. The van der Waals surface area contributed by atoms with Gasteiger partial charge in [-0.3, -0.25) is 0 Å². The average Bonchev–Trinajstić information content (AvgIpc) is 2.33. The van der Waals surface area contributed by atoms with Gasteiger partial charge in [-0.1, -0.05) is 0 Å². The Kier molecular flexibility index (Phi) is 7.72. The second kappa shape index (κ2) is 8.83. The molecule has 0 saturated carbocycles. The van der Waals surface area contributed by atoms with E-state index >= 15 is 0 Å². The highest BCUT2D eigenvalue weighted by Gasteiger charge is 2.18. The minimum Gasteiger partial charge on any atom is -0.383 e. The van der Waals surface area contributed by atoms with Gasteiger partial charge >= 0.3 is 0 Å². The molecule has 2 atom stereocenters. The molecule has 2 unspecified atom stereocenters. The summed E-state index contributed by atoms with van der Waals surface area (Å²) >= 11 is 0. The molecule has 0 spiro atoms. The molecule has 1 fully saturated rings. The summed E-state index contributed by atoms with van der Waals surface area (Å²) in [5.74, 6) is 0. The number of morpholine rings is 1. The van der Waals surface area contributed by atoms with E-state index in [-0.39, 0.29) is 0 Å². The molecule has 5 heteroatoms. The van der Waals surface area contributed by atoms with Crippen molar-refractivity contribution in [3.05, 3.63) is 0 Å². The van der Waals surface area contributed by atoms with Crippen LogP contribution < -0.4 is 11.1 Å². The monoisotopic (exact) mass is 245 g/mol. The highest BCUT2D eigenvalue weighted by Crippen LogP contribution is 2.03. The third-order valence-electron chi connectivity index (χ3n) is 3.10. The van der Waals surface area contributed by atoms with Gasteiger partial charge in [-0.2, -0.15) is 0 Å². The van der Waals surface area contributed by atoms with Crippen molar-refractivity contribution in [2.45, 2.75) is 25.0 Å². The van der Waals surface area contributed by atoms with Gasteiger partial charge in [0.05, 0.1) is 19.3 Å². The van der Waals surface area contributed by atoms with Crippen LogP contribution in [0.15, 0.2) is 0 Å². The minimum absolute atomic E-state index is 0.297. The van der Waals surface area contributed by atoms with Crippen LogP contribution in [0.3, 0.4) is 0 Å². The first-order valence-electron chi connectivity index (χ1n) is 6.48. The second-order valence-electron chi connectivity index (χ2n) is 4.75. The molecule has 0 radical (unpaired) electrons. The van der Waals surface area contributed by atoms with Gasteiger partial charge in [-0.15, -0.1) is 0 Å². The van der Waals surface area contributed by atoms with Crippen LogP contribution in [0.4, 0.5) is 0 Å². The lowest BCUT2D eigenvalue weighted by Crippen LogP contribution is -2.47. The fourth-order valence-corrected chi connectivity index (χ4v) is 2.10. The highest BCUT2D eigenvalue weighted by atomic mass is 16.5. The molecule has 0 aromatic carbocycles. The maximum Gasteiger partial charge on any atom is 0.0826 e. The van der Waals surface area contributed by atoms with Crippen molar-refractivity contribution < 1.29 is 9.47 Å². The van der Waals surface area contributed by atoms with Crippen molar-refractivity contribution in [2.24, 2.45) is 5.73 Å². The van der Waals surface area contributed by atoms with Crippen molar-refractivity contribution in [3.63, 3.8) is 0 Å². The molecule has 0 bridgehead atoms. The Hall–Kier alpha value is -0.200. The van der Waals surface area contributed by atoms with Crippen LogP contribution in [-0.2, 0) is 9.47 Å². The van der Waals surface area contributed by atoms with E-state index in [4.69, 9.17) is 15.2 Å². The van der Waals surface area contributed by atoms with Crippen molar-refractivity contribution in [1.29, 1.82) is 0 Å². The van der Waals surface area contributed by atoms with Gasteiger partial charge in [-0.25, -0.2) is 0 Å². The molecule has 0 aromatic rings. The summed E-state index contributed by atoms with van der Waals surface area (Å²) in [6.45, 7) is 5.24. The standard InChI is InChI=1S/C12H27N3O2/c1-15-6-7-17-12(9-15)8-14-11(10-16-2)4-3-5-13/h11-12,14H,3-10,13H2,1-2H3. The zero-order chi connectivity index (χ0) is 12.5. The summed E-state index contributed by atoms with van der Waals surface area (Å²) < 4.78 is 10.9. The smallest absolute Gasteiger partial charge is 0.0826 e. The van der Waals surface area contributed by atoms with Gasteiger partial charge in [0.25, 0.3) is 0 Å². The van der Waals surface area contributed by atoms with Crippen LogP contribution in [0.1, 0.15) is 12.8 Å². The summed E-state index contributed by atoms with van der Waals surface area (Å²) in [6, 6.07) is 0.388. The van der Waals surface area contributed by atoms with Gasteiger partial charge in [0.1, 0.15) is 0 Å². The molecular formula is C12H27N3O2. The van der Waals surface area contributed by atoms with Crippen LogP contribution in [0, 0.1) is 0 Å². The van der Waals surface area contributed by atoms with Crippen molar-refractivity contribution in [3.8, 4) is 0 Å². The first kappa shape index (κ1) is 14.9. The number of nitrogens with zero attached hydrogens (tertiary/aromatic N) is 1. The van der Waals surface area contributed by atoms with E-state index in [0.29, 0.717) is 12.1 Å². The molecule has 17 heavy (non-hydrogen) atoms. The molecule has 1 saturated heterocycles. The number of nitrogens with two attached hydrogens (primary N) is 1. The third kappa shape index (κ3) is 6.33. The normalized spacial score (nSPS) is 23.8. The first-order valence-corrected chi connectivity index (χ1v) is 6.48. The number of ether oxygens (including phenoxy) is 2. The summed E-state index contributed by atoms with van der Waals surface area (Å²) in [6.07, 6.45) is 2.39. The summed E-state index contributed by atoms with van der Waals surface area (Å²) in [5, 5.41) is 3.51. The van der Waals surface area contributed by atoms with Gasteiger partial charge in [0.15, 0.2) is 0 Å². The van der Waals surface area contributed by atoms with Crippen LogP contribution in [0.2, 0.25) is 0 Å². The van der Waals surface area contributed by atoms with Gasteiger partial charge < -0.3 is 25.4 Å². The van der Waals surface area contributed by atoms with Crippen molar-refractivity contribution >= 4 is 0 Å². The predicted octanol–water partition coefficient (Wildman–Crippen LogP) is -0.339. The Bertz CT molecular complexity index is 193. The number of methoxy groups -OCH3 is 1. The Balaban J connectivity index is 2.19. The molecule has 1 heterocycles. The van der Waals surface area contributed by atoms with Crippen LogP contribution in [0.25, 0.3) is 0 Å². The van der Waals surface area contributed by atoms with Crippen molar-refractivity contribution in [2.75, 3.05) is 53.6 Å². The predicted molar refractivity (Wildman–Crippen MR) is 69.2 cm³/mol. The summed E-state index contributed by atoms with van der Waals surface area (Å²) in [7, 11) is 3.87. The zero-order valence-corrected chi connectivity index (χ0v) is 11.2. The fraction of sp³-hybridized carbons (Fsp3) is 1.00. The molecule has 102 valence electrons. The van der Waals surface area contributed by atoms with Crippen LogP contribution in [-0.4, -0.2) is 70.6 Å². The van der Waals surface area contributed by atoms with E-state index in [1.54, 1.807) is 7.11 Å². The van der Waals surface area contributed by atoms with Crippen molar-refractivity contribution in [1.82, 2.24) is 10.2 Å². The van der Waals surface area contributed by atoms with Crippen LogP contribution >= 0.6 is 0 Å². The lowest BCUT2D eigenvalue weighted by molar-refractivity contribution is -0.0205. The lowest BCUT2D eigenvalue weighted by Gasteiger charge is -2.31. The molecule has 0 aromatic heterocycles. The average molecular weight is 245 g/mol. The quantitative estimate of drug-likeness (QED) is 0.613. The number of rotatable bonds is 8. The minimum atomic E-state index is 0.297. The van der Waals surface area contributed by atoms with E-state index in [1.807, 2.05) is 0 Å². The summed E-state index contributed by atoms with van der Waals surface area (Å²) in [4.78, 5) is 2.31. The number of hydrogen-bond donors (Lipinski definition) is 2. The molecule has 3 N–H and O–H groups in total. The van der Waals surface area contributed by atoms with E-state index in [2.05, 4.69) is 17.3 Å². The molecule has 1 aliphatic heterocycles. The summed E-state index contributed by atoms with van der Waals surface area (Å²) in [5.41, 5.74) is 5.53. The molecular weight excluding hydrogens is 218 g/mol. The highest BCUT2D eigenvalue weighted by molar-refractivity contribution is 4.74.